The van der Waals surface area contributed by atoms with Gasteiger partial charge >= 0.3 is 8.80 Å². The SMILES string of the molecule is CCO[Si](CC(S)CCS)(OCC)OCC. The first-order valence-corrected chi connectivity index (χ1v) is 8.92. The van der Waals surface area contributed by atoms with Crippen molar-refractivity contribution in [2.24, 2.45) is 0 Å². The lowest BCUT2D eigenvalue weighted by molar-refractivity contribution is 0.0712. The van der Waals surface area contributed by atoms with Gasteiger partial charge in [-0.1, -0.05) is 0 Å². The van der Waals surface area contributed by atoms with Crippen molar-refractivity contribution in [2.45, 2.75) is 38.5 Å². The minimum atomic E-state index is -2.51. The van der Waals surface area contributed by atoms with E-state index < -0.39 is 8.80 Å². The Morgan fingerprint density at radius 2 is 1.44 bits per heavy atom. The molecule has 98 valence electrons. The molecule has 1 atom stereocenters. The van der Waals surface area contributed by atoms with Gasteiger partial charge in [0.1, 0.15) is 0 Å². The summed E-state index contributed by atoms with van der Waals surface area (Å²) in [7, 11) is -2.51. The zero-order valence-electron chi connectivity index (χ0n) is 10.4. The molecule has 0 saturated carbocycles. The summed E-state index contributed by atoms with van der Waals surface area (Å²) in [6.07, 6.45) is 0.939. The van der Waals surface area contributed by atoms with E-state index in [1.54, 1.807) is 0 Å². The van der Waals surface area contributed by atoms with Crippen molar-refractivity contribution in [1.82, 2.24) is 0 Å². The molecule has 16 heavy (non-hydrogen) atoms. The Hall–Kier alpha value is 0.797. The summed E-state index contributed by atoms with van der Waals surface area (Å²) in [6, 6.07) is 0.756. The molecule has 0 N–H and O–H groups in total. The van der Waals surface area contributed by atoms with Crippen molar-refractivity contribution < 1.29 is 13.3 Å². The molecule has 0 aliphatic rings. The van der Waals surface area contributed by atoms with E-state index in [4.69, 9.17) is 13.3 Å². The molecule has 0 aliphatic carbocycles. The van der Waals surface area contributed by atoms with Crippen LogP contribution >= 0.6 is 25.3 Å². The standard InChI is InChI=1S/C10H24O3S2Si/c1-4-11-16(12-5-2,13-6-3)9-10(15)7-8-14/h10,14-15H,4-9H2,1-3H3. The second kappa shape index (κ2) is 9.79. The van der Waals surface area contributed by atoms with Crippen molar-refractivity contribution in [1.29, 1.82) is 0 Å². The molecule has 0 fully saturated rings. The maximum atomic E-state index is 5.75. The van der Waals surface area contributed by atoms with Gasteiger partial charge in [0, 0.05) is 31.1 Å². The van der Waals surface area contributed by atoms with E-state index in [-0.39, 0.29) is 5.25 Å². The van der Waals surface area contributed by atoms with Crippen molar-refractivity contribution >= 4 is 34.1 Å². The predicted molar refractivity (Wildman–Crippen MR) is 76.7 cm³/mol. The van der Waals surface area contributed by atoms with E-state index in [2.05, 4.69) is 25.3 Å². The van der Waals surface area contributed by atoms with Crippen LogP contribution in [0.25, 0.3) is 0 Å². The van der Waals surface area contributed by atoms with Crippen LogP contribution in [0, 0.1) is 0 Å². The third kappa shape index (κ3) is 6.51. The third-order valence-electron chi connectivity index (χ3n) is 2.04. The third-order valence-corrected chi connectivity index (χ3v) is 6.26. The minimum absolute atomic E-state index is 0.230. The van der Waals surface area contributed by atoms with Gasteiger partial charge in [0.2, 0.25) is 0 Å². The van der Waals surface area contributed by atoms with E-state index in [1.807, 2.05) is 20.8 Å². The van der Waals surface area contributed by atoms with E-state index in [9.17, 15) is 0 Å². The summed E-state index contributed by atoms with van der Waals surface area (Å²) in [5.74, 6) is 0.822. The van der Waals surface area contributed by atoms with Crippen molar-refractivity contribution in [3.05, 3.63) is 0 Å². The lowest BCUT2D eigenvalue weighted by Gasteiger charge is -2.30. The fourth-order valence-electron chi connectivity index (χ4n) is 1.50. The maximum Gasteiger partial charge on any atom is 0.502 e. The lowest BCUT2D eigenvalue weighted by Crippen LogP contribution is -2.47. The number of thiol groups is 2. The molecule has 0 rings (SSSR count). The minimum Gasteiger partial charge on any atom is -0.374 e. The first kappa shape index (κ1) is 16.8. The highest BCUT2D eigenvalue weighted by Gasteiger charge is 2.41. The number of hydrogen-bond acceptors (Lipinski definition) is 5. The fraction of sp³-hybridized carbons (Fsp3) is 1.00. The zero-order chi connectivity index (χ0) is 12.4. The summed E-state index contributed by atoms with van der Waals surface area (Å²) in [5.41, 5.74) is 0. The monoisotopic (exact) mass is 284 g/mol. The van der Waals surface area contributed by atoms with E-state index in [0.29, 0.717) is 19.8 Å². The lowest BCUT2D eigenvalue weighted by atomic mass is 10.4. The van der Waals surface area contributed by atoms with Crippen molar-refractivity contribution in [3.8, 4) is 0 Å². The largest absolute Gasteiger partial charge is 0.502 e. The van der Waals surface area contributed by atoms with Crippen LogP contribution in [0.5, 0.6) is 0 Å². The summed E-state index contributed by atoms with van der Waals surface area (Å²) < 4.78 is 17.2. The molecular weight excluding hydrogens is 260 g/mol. The zero-order valence-corrected chi connectivity index (χ0v) is 13.2. The molecule has 0 spiro atoms. The van der Waals surface area contributed by atoms with Gasteiger partial charge in [-0.3, -0.25) is 0 Å². The van der Waals surface area contributed by atoms with Crippen LogP contribution < -0.4 is 0 Å². The van der Waals surface area contributed by atoms with Crippen molar-refractivity contribution in [3.63, 3.8) is 0 Å². The van der Waals surface area contributed by atoms with E-state index >= 15 is 0 Å². The van der Waals surface area contributed by atoms with Gasteiger partial charge in [0.25, 0.3) is 0 Å². The van der Waals surface area contributed by atoms with Crippen LogP contribution in [0.3, 0.4) is 0 Å². The second-order valence-corrected chi connectivity index (χ2v) is 7.17. The molecule has 0 saturated heterocycles. The molecule has 0 bridgehead atoms. The summed E-state index contributed by atoms with van der Waals surface area (Å²) in [5, 5.41) is 0.230. The highest BCUT2D eigenvalue weighted by Crippen LogP contribution is 2.22. The molecule has 0 heterocycles. The fourth-order valence-corrected chi connectivity index (χ4v) is 5.52. The summed E-state index contributed by atoms with van der Waals surface area (Å²) in [6.45, 7) is 7.75. The van der Waals surface area contributed by atoms with Crippen LogP contribution in [0.1, 0.15) is 27.2 Å². The Bertz CT molecular complexity index is 155. The molecule has 1 unspecified atom stereocenters. The quantitative estimate of drug-likeness (QED) is 0.477. The molecule has 0 radical (unpaired) electrons. The molecule has 0 amide bonds. The molecular formula is C10H24O3S2Si. The summed E-state index contributed by atoms with van der Waals surface area (Å²) >= 11 is 8.74. The van der Waals surface area contributed by atoms with Gasteiger partial charge in [-0.05, 0) is 32.9 Å². The van der Waals surface area contributed by atoms with Gasteiger partial charge < -0.3 is 13.3 Å². The summed E-state index contributed by atoms with van der Waals surface area (Å²) in [4.78, 5) is 0. The normalized spacial score (nSPS) is 14.1. The molecule has 0 aromatic carbocycles. The van der Waals surface area contributed by atoms with Gasteiger partial charge in [-0.15, -0.1) is 0 Å². The Balaban J connectivity index is 4.44. The van der Waals surface area contributed by atoms with Crippen LogP contribution in [0.2, 0.25) is 6.04 Å². The van der Waals surface area contributed by atoms with Crippen molar-refractivity contribution in [2.75, 3.05) is 25.6 Å². The number of rotatable bonds is 10. The van der Waals surface area contributed by atoms with Crippen LogP contribution in [-0.2, 0) is 13.3 Å². The van der Waals surface area contributed by atoms with Gasteiger partial charge in [0.05, 0.1) is 0 Å². The molecule has 0 aromatic rings. The smallest absolute Gasteiger partial charge is 0.374 e. The Kier molecular flexibility index (Phi) is 10.3. The average molecular weight is 285 g/mol. The molecule has 0 aromatic heterocycles. The van der Waals surface area contributed by atoms with Gasteiger partial charge in [-0.2, -0.15) is 25.3 Å². The van der Waals surface area contributed by atoms with Gasteiger partial charge in [0.15, 0.2) is 0 Å². The molecule has 0 aliphatic heterocycles. The predicted octanol–water partition coefficient (Wildman–Crippen LogP) is 2.65. The Morgan fingerprint density at radius 1 is 1.00 bits per heavy atom. The number of hydrogen-bond donors (Lipinski definition) is 2. The molecule has 6 heteroatoms. The maximum absolute atomic E-state index is 5.75. The van der Waals surface area contributed by atoms with Crippen LogP contribution in [0.15, 0.2) is 0 Å². The average Bonchev–Trinajstić information content (AvgIpc) is 2.18. The van der Waals surface area contributed by atoms with Crippen LogP contribution in [-0.4, -0.2) is 39.6 Å². The topological polar surface area (TPSA) is 27.7 Å². The van der Waals surface area contributed by atoms with Crippen LogP contribution in [0.4, 0.5) is 0 Å². The Morgan fingerprint density at radius 3 is 1.75 bits per heavy atom. The second-order valence-electron chi connectivity index (χ2n) is 3.35. The first-order valence-electron chi connectivity index (χ1n) is 5.84. The van der Waals surface area contributed by atoms with Gasteiger partial charge in [-0.25, -0.2) is 0 Å². The first-order chi connectivity index (χ1) is 7.64. The Labute approximate surface area is 111 Å². The van der Waals surface area contributed by atoms with E-state index in [0.717, 1.165) is 18.2 Å². The highest BCUT2D eigenvalue weighted by molar-refractivity contribution is 7.81. The molecule has 3 nitrogen and oxygen atoms in total. The highest BCUT2D eigenvalue weighted by atomic mass is 32.1. The van der Waals surface area contributed by atoms with E-state index in [1.165, 1.54) is 0 Å².